The Hall–Kier alpha value is -2.00. The van der Waals surface area contributed by atoms with Gasteiger partial charge < -0.3 is 10.4 Å². The lowest BCUT2D eigenvalue weighted by atomic mass is 10.1. The summed E-state index contributed by atoms with van der Waals surface area (Å²) in [4.78, 5) is 11.8. The molecule has 0 heterocycles. The number of hydrogen-bond acceptors (Lipinski definition) is 2. The van der Waals surface area contributed by atoms with Gasteiger partial charge in [0.2, 0.25) is 5.91 Å². The zero-order valence-corrected chi connectivity index (χ0v) is 10.3. The second-order valence-electron chi connectivity index (χ2n) is 3.87. The summed E-state index contributed by atoms with van der Waals surface area (Å²) in [6.45, 7) is 0. The van der Waals surface area contributed by atoms with Crippen molar-refractivity contribution < 1.29 is 9.90 Å². The van der Waals surface area contributed by atoms with E-state index in [1.807, 2.05) is 0 Å². The molecule has 18 heavy (non-hydrogen) atoms. The molecule has 0 aliphatic heterocycles. The molecule has 1 amide bonds. The lowest BCUT2D eigenvalue weighted by molar-refractivity contribution is -0.115. The molecule has 0 saturated carbocycles. The van der Waals surface area contributed by atoms with Crippen molar-refractivity contribution in [2.45, 2.75) is 6.42 Å². The van der Waals surface area contributed by atoms with Gasteiger partial charge in [-0.2, -0.15) is 0 Å². The van der Waals surface area contributed by atoms with Crippen molar-refractivity contribution in [1.82, 2.24) is 0 Å². The number of amides is 1. The second-order valence-corrected chi connectivity index (χ2v) is 4.31. The van der Waals surface area contributed by atoms with Crippen LogP contribution in [0.5, 0.6) is 5.75 Å². The Bertz CT molecular complexity index is 552. The first kappa shape index (κ1) is 12.5. The number of aromatic hydroxyl groups is 1. The molecule has 0 aliphatic rings. The Morgan fingerprint density at radius 3 is 2.44 bits per heavy atom. The van der Waals surface area contributed by atoms with E-state index >= 15 is 0 Å². The topological polar surface area (TPSA) is 49.3 Å². The van der Waals surface area contributed by atoms with Crippen LogP contribution in [0, 0.1) is 0 Å². The van der Waals surface area contributed by atoms with E-state index in [1.165, 1.54) is 6.07 Å². The summed E-state index contributed by atoms with van der Waals surface area (Å²) in [7, 11) is 0. The van der Waals surface area contributed by atoms with Crippen LogP contribution in [0.1, 0.15) is 5.56 Å². The number of phenolic OH excluding ortho intramolecular Hbond substituents is 1. The molecule has 2 N–H and O–H groups in total. The monoisotopic (exact) mass is 261 g/mol. The number of anilines is 1. The van der Waals surface area contributed by atoms with E-state index in [2.05, 4.69) is 5.32 Å². The van der Waals surface area contributed by atoms with Crippen LogP contribution in [0.15, 0.2) is 48.5 Å². The molecule has 0 aliphatic carbocycles. The molecule has 2 aromatic carbocycles. The molecule has 92 valence electrons. The van der Waals surface area contributed by atoms with E-state index in [1.54, 1.807) is 42.5 Å². The number of nitrogens with one attached hydrogen (secondary N) is 1. The van der Waals surface area contributed by atoms with Crippen LogP contribution in [-0.4, -0.2) is 11.0 Å². The first-order valence-electron chi connectivity index (χ1n) is 5.47. The summed E-state index contributed by atoms with van der Waals surface area (Å²) in [5.41, 5.74) is 1.28. The fourth-order valence-electron chi connectivity index (χ4n) is 1.56. The molecule has 0 unspecified atom stereocenters. The zero-order chi connectivity index (χ0) is 13.0. The molecule has 0 fully saturated rings. The van der Waals surface area contributed by atoms with Gasteiger partial charge in [0.25, 0.3) is 0 Å². The van der Waals surface area contributed by atoms with Crippen molar-refractivity contribution in [3.8, 4) is 5.75 Å². The highest BCUT2D eigenvalue weighted by molar-refractivity contribution is 6.30. The average Bonchev–Trinajstić information content (AvgIpc) is 2.35. The first-order chi connectivity index (χ1) is 8.65. The summed E-state index contributed by atoms with van der Waals surface area (Å²) in [5.74, 6) is -0.124. The van der Waals surface area contributed by atoms with Gasteiger partial charge in [-0.15, -0.1) is 0 Å². The Morgan fingerprint density at radius 2 is 1.78 bits per heavy atom. The highest BCUT2D eigenvalue weighted by Gasteiger charge is 2.06. The van der Waals surface area contributed by atoms with Crippen LogP contribution in [0.4, 0.5) is 5.69 Å². The van der Waals surface area contributed by atoms with E-state index in [-0.39, 0.29) is 18.1 Å². The van der Waals surface area contributed by atoms with Gasteiger partial charge in [0, 0.05) is 5.02 Å². The molecule has 2 rings (SSSR count). The summed E-state index contributed by atoms with van der Waals surface area (Å²) in [6.07, 6.45) is 0.242. The number of para-hydroxylation sites is 2. The quantitative estimate of drug-likeness (QED) is 0.834. The summed E-state index contributed by atoms with van der Waals surface area (Å²) >= 11 is 5.77. The zero-order valence-electron chi connectivity index (χ0n) is 9.56. The molecule has 3 nitrogen and oxygen atoms in total. The van der Waals surface area contributed by atoms with E-state index in [9.17, 15) is 9.90 Å². The van der Waals surface area contributed by atoms with Crippen LogP contribution in [0.25, 0.3) is 0 Å². The van der Waals surface area contributed by atoms with Crippen LogP contribution in [-0.2, 0) is 11.2 Å². The van der Waals surface area contributed by atoms with Crippen LogP contribution < -0.4 is 5.32 Å². The largest absolute Gasteiger partial charge is 0.506 e. The van der Waals surface area contributed by atoms with E-state index in [4.69, 9.17) is 11.6 Å². The van der Waals surface area contributed by atoms with Gasteiger partial charge in [-0.1, -0.05) is 35.9 Å². The molecule has 0 bridgehead atoms. The number of carbonyl (C=O) groups excluding carboxylic acids is 1. The predicted molar refractivity (Wildman–Crippen MR) is 71.9 cm³/mol. The minimum Gasteiger partial charge on any atom is -0.506 e. The third-order valence-corrected chi connectivity index (χ3v) is 2.71. The number of carbonyl (C=O) groups is 1. The third kappa shape index (κ3) is 3.25. The maximum Gasteiger partial charge on any atom is 0.228 e. The van der Waals surface area contributed by atoms with Crippen molar-refractivity contribution in [2.75, 3.05) is 5.32 Å². The smallest absolute Gasteiger partial charge is 0.228 e. The van der Waals surface area contributed by atoms with Crippen molar-refractivity contribution in [1.29, 1.82) is 0 Å². The lowest BCUT2D eigenvalue weighted by Crippen LogP contribution is -2.14. The summed E-state index contributed by atoms with van der Waals surface area (Å²) in [6, 6.07) is 13.7. The van der Waals surface area contributed by atoms with Gasteiger partial charge in [0.05, 0.1) is 12.1 Å². The van der Waals surface area contributed by atoms with Crippen molar-refractivity contribution in [2.24, 2.45) is 0 Å². The van der Waals surface area contributed by atoms with E-state index in [0.717, 1.165) is 5.56 Å². The molecular formula is C14H12ClNO2. The van der Waals surface area contributed by atoms with Gasteiger partial charge >= 0.3 is 0 Å². The van der Waals surface area contributed by atoms with Crippen molar-refractivity contribution >= 4 is 23.2 Å². The Labute approximate surface area is 110 Å². The predicted octanol–water partition coefficient (Wildman–Crippen LogP) is 3.23. The van der Waals surface area contributed by atoms with Gasteiger partial charge in [-0.3, -0.25) is 4.79 Å². The number of hydrogen-bond donors (Lipinski definition) is 2. The summed E-state index contributed by atoms with van der Waals surface area (Å²) in [5, 5.41) is 12.8. The molecule has 0 radical (unpaired) electrons. The van der Waals surface area contributed by atoms with E-state index in [0.29, 0.717) is 10.7 Å². The third-order valence-electron chi connectivity index (χ3n) is 2.46. The molecule has 2 aromatic rings. The lowest BCUT2D eigenvalue weighted by Gasteiger charge is -2.07. The standard InChI is InChI=1S/C14H12ClNO2/c15-11-7-5-10(6-8-11)9-14(18)16-12-3-1-2-4-13(12)17/h1-8,17H,9H2,(H,16,18). The molecule has 0 atom stereocenters. The SMILES string of the molecule is O=C(Cc1ccc(Cl)cc1)Nc1ccccc1O. The maximum atomic E-state index is 11.8. The van der Waals surface area contributed by atoms with Gasteiger partial charge in [-0.05, 0) is 29.8 Å². The molecule has 0 aromatic heterocycles. The van der Waals surface area contributed by atoms with Crippen LogP contribution in [0.2, 0.25) is 5.02 Å². The Morgan fingerprint density at radius 1 is 1.11 bits per heavy atom. The van der Waals surface area contributed by atoms with Crippen molar-refractivity contribution in [3.63, 3.8) is 0 Å². The minimum atomic E-state index is -0.182. The number of benzene rings is 2. The normalized spacial score (nSPS) is 10.1. The van der Waals surface area contributed by atoms with Crippen LogP contribution >= 0.6 is 11.6 Å². The number of halogens is 1. The first-order valence-corrected chi connectivity index (χ1v) is 5.85. The Kier molecular flexibility index (Phi) is 3.85. The molecule has 0 saturated heterocycles. The number of phenols is 1. The molecular weight excluding hydrogens is 250 g/mol. The van der Waals surface area contributed by atoms with Gasteiger partial charge in [0.1, 0.15) is 5.75 Å². The van der Waals surface area contributed by atoms with Crippen molar-refractivity contribution in [3.05, 3.63) is 59.1 Å². The highest BCUT2D eigenvalue weighted by atomic mass is 35.5. The number of rotatable bonds is 3. The maximum absolute atomic E-state index is 11.8. The highest BCUT2D eigenvalue weighted by Crippen LogP contribution is 2.21. The fourth-order valence-corrected chi connectivity index (χ4v) is 1.69. The Balaban J connectivity index is 2.01. The average molecular weight is 262 g/mol. The minimum absolute atomic E-state index is 0.0574. The summed E-state index contributed by atoms with van der Waals surface area (Å²) < 4.78 is 0. The second kappa shape index (κ2) is 5.56. The van der Waals surface area contributed by atoms with E-state index < -0.39 is 0 Å². The van der Waals surface area contributed by atoms with Gasteiger partial charge in [-0.25, -0.2) is 0 Å². The van der Waals surface area contributed by atoms with Crippen LogP contribution in [0.3, 0.4) is 0 Å². The molecule has 0 spiro atoms. The van der Waals surface area contributed by atoms with Gasteiger partial charge in [0.15, 0.2) is 0 Å². The fraction of sp³-hybridized carbons (Fsp3) is 0.0714. The molecule has 4 heteroatoms.